The van der Waals surface area contributed by atoms with Gasteiger partial charge in [0.15, 0.2) is 23.0 Å². The molecule has 0 amide bonds. The molecule has 0 radical (unpaired) electrons. The number of hydrogen-bond acceptors (Lipinski definition) is 4. The van der Waals surface area contributed by atoms with E-state index in [0.717, 1.165) is 48.7 Å². The summed E-state index contributed by atoms with van der Waals surface area (Å²) in [5, 5.41) is 0. The quantitative estimate of drug-likeness (QED) is 0.458. The molecule has 0 bridgehead atoms. The molecule has 0 unspecified atom stereocenters. The minimum atomic E-state index is 0.746. The van der Waals surface area contributed by atoms with Gasteiger partial charge in [0.05, 0.1) is 28.4 Å². The second-order valence-electron chi connectivity index (χ2n) is 7.15. The maximum absolute atomic E-state index is 5.55. The van der Waals surface area contributed by atoms with E-state index >= 15 is 0 Å². The molecule has 30 heavy (non-hydrogen) atoms. The van der Waals surface area contributed by atoms with E-state index in [1.165, 1.54) is 22.3 Å². The first kappa shape index (κ1) is 21.6. The fraction of sp³-hybridized carbons (Fsp3) is 0.308. The van der Waals surface area contributed by atoms with Gasteiger partial charge in [-0.3, -0.25) is 0 Å². The molecule has 3 aromatic carbocycles. The Kier molecular flexibility index (Phi) is 7.61. The summed E-state index contributed by atoms with van der Waals surface area (Å²) < 4.78 is 21.9. The minimum Gasteiger partial charge on any atom is -0.493 e. The third-order valence-electron chi connectivity index (χ3n) is 5.36. The van der Waals surface area contributed by atoms with Crippen LogP contribution >= 0.6 is 0 Å². The number of methoxy groups -OCH3 is 4. The predicted octanol–water partition coefficient (Wildman–Crippen LogP) is 5.29. The molecule has 0 atom stereocenters. The smallest absolute Gasteiger partial charge is 0.161 e. The maximum atomic E-state index is 5.55. The first-order valence-electron chi connectivity index (χ1n) is 10.2. The first-order valence-corrected chi connectivity index (χ1v) is 10.2. The van der Waals surface area contributed by atoms with Gasteiger partial charge < -0.3 is 18.9 Å². The zero-order valence-electron chi connectivity index (χ0n) is 18.2. The van der Waals surface area contributed by atoms with E-state index in [2.05, 4.69) is 48.5 Å². The van der Waals surface area contributed by atoms with E-state index in [1.54, 1.807) is 28.4 Å². The first-order chi connectivity index (χ1) is 14.7. The minimum absolute atomic E-state index is 0.746. The van der Waals surface area contributed by atoms with Gasteiger partial charge in [0.1, 0.15) is 0 Å². The molecule has 3 aromatic rings. The Morgan fingerprint density at radius 3 is 1.50 bits per heavy atom. The van der Waals surface area contributed by atoms with E-state index in [9.17, 15) is 0 Å². The summed E-state index contributed by atoms with van der Waals surface area (Å²) in [6.45, 7) is 0. The van der Waals surface area contributed by atoms with Crippen LogP contribution in [-0.2, 0) is 25.7 Å². The van der Waals surface area contributed by atoms with Crippen LogP contribution < -0.4 is 18.9 Å². The zero-order valence-corrected chi connectivity index (χ0v) is 18.2. The zero-order chi connectivity index (χ0) is 21.3. The SMILES string of the molecule is COc1ccc(CCc2cc(OC)c(OC)cc2CCc2ccccc2)cc1OC. The Balaban J connectivity index is 1.82. The lowest BCUT2D eigenvalue weighted by Crippen LogP contribution is -2.03. The van der Waals surface area contributed by atoms with Gasteiger partial charge in [-0.05, 0) is 72.2 Å². The summed E-state index contributed by atoms with van der Waals surface area (Å²) in [5.41, 5.74) is 5.10. The number of ether oxygens (including phenoxy) is 4. The average molecular weight is 407 g/mol. The number of benzene rings is 3. The van der Waals surface area contributed by atoms with Crippen molar-refractivity contribution in [1.29, 1.82) is 0 Å². The predicted molar refractivity (Wildman–Crippen MR) is 120 cm³/mol. The summed E-state index contributed by atoms with van der Waals surface area (Å²) >= 11 is 0. The normalized spacial score (nSPS) is 10.5. The van der Waals surface area contributed by atoms with Crippen LogP contribution in [0.2, 0.25) is 0 Å². The van der Waals surface area contributed by atoms with Crippen molar-refractivity contribution in [3.05, 3.63) is 82.9 Å². The monoisotopic (exact) mass is 406 g/mol. The molecule has 0 aliphatic rings. The molecule has 0 heterocycles. The average Bonchev–Trinajstić information content (AvgIpc) is 2.81. The lowest BCUT2D eigenvalue weighted by atomic mass is 9.94. The van der Waals surface area contributed by atoms with Crippen LogP contribution in [0.3, 0.4) is 0 Å². The molecule has 0 aromatic heterocycles. The second-order valence-corrected chi connectivity index (χ2v) is 7.15. The van der Waals surface area contributed by atoms with Gasteiger partial charge in [0.25, 0.3) is 0 Å². The number of rotatable bonds is 10. The van der Waals surface area contributed by atoms with Crippen molar-refractivity contribution in [2.45, 2.75) is 25.7 Å². The lowest BCUT2D eigenvalue weighted by molar-refractivity contribution is 0.354. The Hall–Kier alpha value is -3.14. The molecule has 0 spiro atoms. The van der Waals surface area contributed by atoms with Gasteiger partial charge in [-0.25, -0.2) is 0 Å². The molecule has 4 heteroatoms. The standard InChI is InChI=1S/C26H30O4/c1-27-23-15-12-20(16-24(23)28-2)11-14-22-18-26(30-4)25(29-3)17-21(22)13-10-19-8-6-5-7-9-19/h5-9,12,15-18H,10-11,13-14H2,1-4H3. The van der Waals surface area contributed by atoms with Crippen LogP contribution in [0.5, 0.6) is 23.0 Å². The Labute approximate surface area is 179 Å². The molecule has 3 rings (SSSR count). The summed E-state index contributed by atoms with van der Waals surface area (Å²) in [4.78, 5) is 0. The molecule has 0 saturated carbocycles. The van der Waals surface area contributed by atoms with Crippen LogP contribution in [-0.4, -0.2) is 28.4 Å². The van der Waals surface area contributed by atoms with Crippen molar-refractivity contribution in [3.63, 3.8) is 0 Å². The van der Waals surface area contributed by atoms with Crippen LogP contribution in [0.25, 0.3) is 0 Å². The van der Waals surface area contributed by atoms with E-state index < -0.39 is 0 Å². The van der Waals surface area contributed by atoms with Gasteiger partial charge in [-0.2, -0.15) is 0 Å². The Bertz CT molecular complexity index is 951. The van der Waals surface area contributed by atoms with Gasteiger partial charge in [0, 0.05) is 0 Å². The van der Waals surface area contributed by atoms with Crippen LogP contribution in [0.15, 0.2) is 60.7 Å². The molecule has 0 saturated heterocycles. The van der Waals surface area contributed by atoms with Gasteiger partial charge >= 0.3 is 0 Å². The van der Waals surface area contributed by atoms with Gasteiger partial charge in [-0.15, -0.1) is 0 Å². The molecule has 158 valence electrons. The van der Waals surface area contributed by atoms with Crippen LogP contribution in [0, 0.1) is 0 Å². The van der Waals surface area contributed by atoms with Crippen LogP contribution in [0.1, 0.15) is 22.3 Å². The Morgan fingerprint density at radius 2 is 0.967 bits per heavy atom. The second kappa shape index (κ2) is 10.6. The molecule has 0 N–H and O–H groups in total. The highest BCUT2D eigenvalue weighted by Gasteiger charge is 2.12. The topological polar surface area (TPSA) is 36.9 Å². The molecule has 0 aliphatic heterocycles. The third kappa shape index (κ3) is 5.26. The summed E-state index contributed by atoms with van der Waals surface area (Å²) in [7, 11) is 6.68. The molecule has 4 nitrogen and oxygen atoms in total. The summed E-state index contributed by atoms with van der Waals surface area (Å²) in [6, 6.07) is 20.9. The van der Waals surface area contributed by atoms with Gasteiger partial charge in [0.2, 0.25) is 0 Å². The lowest BCUT2D eigenvalue weighted by Gasteiger charge is -2.16. The molecule has 0 aliphatic carbocycles. The van der Waals surface area contributed by atoms with Crippen molar-refractivity contribution < 1.29 is 18.9 Å². The van der Waals surface area contributed by atoms with Crippen molar-refractivity contribution >= 4 is 0 Å². The Morgan fingerprint density at radius 1 is 0.467 bits per heavy atom. The fourth-order valence-electron chi connectivity index (χ4n) is 3.67. The van der Waals surface area contributed by atoms with E-state index in [0.29, 0.717) is 0 Å². The van der Waals surface area contributed by atoms with Crippen molar-refractivity contribution in [2.24, 2.45) is 0 Å². The molecule has 0 fully saturated rings. The van der Waals surface area contributed by atoms with E-state index in [-0.39, 0.29) is 0 Å². The highest BCUT2D eigenvalue weighted by molar-refractivity contribution is 5.48. The maximum Gasteiger partial charge on any atom is 0.161 e. The number of hydrogen-bond donors (Lipinski definition) is 0. The van der Waals surface area contributed by atoms with Crippen LogP contribution in [0.4, 0.5) is 0 Å². The van der Waals surface area contributed by atoms with Crippen molar-refractivity contribution in [2.75, 3.05) is 28.4 Å². The van der Waals surface area contributed by atoms with E-state index in [1.807, 2.05) is 12.1 Å². The summed E-state index contributed by atoms with van der Waals surface area (Å²) in [6.07, 6.45) is 3.74. The van der Waals surface area contributed by atoms with E-state index in [4.69, 9.17) is 18.9 Å². The highest BCUT2D eigenvalue weighted by atomic mass is 16.5. The summed E-state index contributed by atoms with van der Waals surface area (Å²) in [5.74, 6) is 3.04. The highest BCUT2D eigenvalue weighted by Crippen LogP contribution is 2.33. The third-order valence-corrected chi connectivity index (χ3v) is 5.36. The van der Waals surface area contributed by atoms with Crippen molar-refractivity contribution in [3.8, 4) is 23.0 Å². The fourth-order valence-corrected chi connectivity index (χ4v) is 3.67. The molecular weight excluding hydrogens is 376 g/mol. The number of aryl methyl sites for hydroxylation is 4. The van der Waals surface area contributed by atoms with Crippen molar-refractivity contribution in [1.82, 2.24) is 0 Å². The van der Waals surface area contributed by atoms with Gasteiger partial charge in [-0.1, -0.05) is 36.4 Å². The molecular formula is C26H30O4. The largest absolute Gasteiger partial charge is 0.493 e.